The predicted molar refractivity (Wildman–Crippen MR) is 209 cm³/mol. The van der Waals surface area contributed by atoms with Crippen molar-refractivity contribution in [3.63, 3.8) is 0 Å². The second kappa shape index (κ2) is 11.9. The van der Waals surface area contributed by atoms with E-state index in [-0.39, 0.29) is 0 Å². The summed E-state index contributed by atoms with van der Waals surface area (Å²) >= 11 is 0. The molecule has 0 aliphatic heterocycles. The Hall–Kier alpha value is -6.91. The summed E-state index contributed by atoms with van der Waals surface area (Å²) in [5, 5.41) is 6.74. The SMILES string of the molecule is c1ccc(-c2cccc(-c3nc(-c4ccc5cc6c(cc5c4)oc4ccccc46)nc(-c4ccc5c(-c6ccccc6)cccc5c4)n3)c2)cc1. The summed E-state index contributed by atoms with van der Waals surface area (Å²) in [6.07, 6.45) is 0. The number of hydrogen-bond acceptors (Lipinski definition) is 4. The zero-order valence-electron chi connectivity index (χ0n) is 27.5. The Morgan fingerprint density at radius 1 is 0.294 bits per heavy atom. The van der Waals surface area contributed by atoms with Gasteiger partial charge in [0.1, 0.15) is 11.2 Å². The smallest absolute Gasteiger partial charge is 0.164 e. The summed E-state index contributed by atoms with van der Waals surface area (Å²) in [5.41, 5.74) is 9.16. The standard InChI is InChI=1S/C47H29N3O/c1-3-11-30(12-4-1)32-15-9-17-35(25-32)45-48-46(36-22-21-33-28-42-41-18-7-8-20-43(41)51-44(42)29-38(33)27-36)50-47(49-45)37-23-24-40-34(26-37)16-10-19-39(40)31-13-5-2-6-14-31/h1-29H. The average Bonchev–Trinajstić information content (AvgIpc) is 3.57. The number of furan rings is 1. The van der Waals surface area contributed by atoms with Gasteiger partial charge >= 0.3 is 0 Å². The van der Waals surface area contributed by atoms with E-state index in [9.17, 15) is 0 Å². The van der Waals surface area contributed by atoms with E-state index < -0.39 is 0 Å². The van der Waals surface area contributed by atoms with Crippen molar-refractivity contribution >= 4 is 43.5 Å². The van der Waals surface area contributed by atoms with E-state index in [0.29, 0.717) is 17.5 Å². The summed E-state index contributed by atoms with van der Waals surface area (Å²) < 4.78 is 6.24. The van der Waals surface area contributed by atoms with Crippen molar-refractivity contribution in [1.29, 1.82) is 0 Å². The lowest BCUT2D eigenvalue weighted by atomic mass is 9.97. The number of hydrogen-bond donors (Lipinski definition) is 0. The molecule has 238 valence electrons. The minimum absolute atomic E-state index is 0.616. The highest BCUT2D eigenvalue weighted by Gasteiger charge is 2.16. The molecule has 0 fully saturated rings. The fraction of sp³-hybridized carbons (Fsp3) is 0. The van der Waals surface area contributed by atoms with Crippen LogP contribution in [0, 0.1) is 0 Å². The molecular formula is C47H29N3O. The van der Waals surface area contributed by atoms with Crippen LogP contribution < -0.4 is 0 Å². The summed E-state index contributed by atoms with van der Waals surface area (Å²) in [7, 11) is 0. The van der Waals surface area contributed by atoms with Crippen LogP contribution in [0.5, 0.6) is 0 Å². The van der Waals surface area contributed by atoms with Gasteiger partial charge in [0.15, 0.2) is 17.5 Å². The van der Waals surface area contributed by atoms with Crippen LogP contribution in [0.3, 0.4) is 0 Å². The molecule has 8 aromatic carbocycles. The predicted octanol–water partition coefficient (Wildman–Crippen LogP) is 12.4. The molecule has 0 atom stereocenters. The van der Waals surface area contributed by atoms with Crippen LogP contribution in [0.25, 0.3) is 99.9 Å². The van der Waals surface area contributed by atoms with Gasteiger partial charge in [-0.25, -0.2) is 15.0 Å². The monoisotopic (exact) mass is 651 g/mol. The minimum atomic E-state index is 0.616. The molecule has 4 nitrogen and oxygen atoms in total. The van der Waals surface area contributed by atoms with Crippen molar-refractivity contribution in [3.05, 3.63) is 176 Å². The number of aromatic nitrogens is 3. The van der Waals surface area contributed by atoms with Gasteiger partial charge in [-0.2, -0.15) is 0 Å². The van der Waals surface area contributed by atoms with Crippen molar-refractivity contribution in [2.45, 2.75) is 0 Å². The molecular weight excluding hydrogens is 623 g/mol. The van der Waals surface area contributed by atoms with Crippen molar-refractivity contribution in [3.8, 4) is 56.4 Å². The zero-order chi connectivity index (χ0) is 33.7. The van der Waals surface area contributed by atoms with Crippen LogP contribution in [-0.4, -0.2) is 15.0 Å². The molecule has 0 saturated carbocycles. The van der Waals surface area contributed by atoms with Gasteiger partial charge < -0.3 is 4.42 Å². The third-order valence-electron chi connectivity index (χ3n) is 9.68. The van der Waals surface area contributed by atoms with Crippen LogP contribution >= 0.6 is 0 Å². The Morgan fingerprint density at radius 3 is 1.69 bits per heavy atom. The molecule has 4 heteroatoms. The van der Waals surface area contributed by atoms with E-state index in [1.54, 1.807) is 0 Å². The Labute approximate surface area is 294 Å². The van der Waals surface area contributed by atoms with Crippen molar-refractivity contribution in [1.82, 2.24) is 15.0 Å². The summed E-state index contributed by atoms with van der Waals surface area (Å²) in [6.45, 7) is 0. The molecule has 0 saturated heterocycles. The molecule has 0 aliphatic rings. The number of nitrogens with zero attached hydrogens (tertiary/aromatic N) is 3. The minimum Gasteiger partial charge on any atom is -0.456 e. The van der Waals surface area contributed by atoms with Gasteiger partial charge in [-0.15, -0.1) is 0 Å². The first-order valence-electron chi connectivity index (χ1n) is 17.1. The van der Waals surface area contributed by atoms with E-state index in [0.717, 1.165) is 65.9 Å². The highest BCUT2D eigenvalue weighted by molar-refractivity contribution is 6.10. The fourth-order valence-electron chi connectivity index (χ4n) is 7.13. The molecule has 0 spiro atoms. The molecule has 0 unspecified atom stereocenters. The van der Waals surface area contributed by atoms with E-state index in [4.69, 9.17) is 19.4 Å². The van der Waals surface area contributed by atoms with E-state index in [1.165, 1.54) is 16.5 Å². The Bertz CT molecular complexity index is 2910. The van der Waals surface area contributed by atoms with Crippen LogP contribution in [0.1, 0.15) is 0 Å². The maximum atomic E-state index is 6.24. The Morgan fingerprint density at radius 2 is 0.902 bits per heavy atom. The first-order chi connectivity index (χ1) is 25.2. The number of benzene rings is 8. The number of para-hydroxylation sites is 1. The molecule has 10 aromatic rings. The molecule has 0 amide bonds. The summed E-state index contributed by atoms with van der Waals surface area (Å²) in [6, 6.07) is 61.2. The second-order valence-electron chi connectivity index (χ2n) is 12.9. The van der Waals surface area contributed by atoms with Crippen LogP contribution in [0.15, 0.2) is 180 Å². The summed E-state index contributed by atoms with van der Waals surface area (Å²) in [5.74, 6) is 1.86. The molecule has 0 N–H and O–H groups in total. The molecule has 0 radical (unpaired) electrons. The molecule has 0 aliphatic carbocycles. The third-order valence-corrected chi connectivity index (χ3v) is 9.68. The van der Waals surface area contributed by atoms with Crippen LogP contribution in [0.2, 0.25) is 0 Å². The van der Waals surface area contributed by atoms with Crippen LogP contribution in [0.4, 0.5) is 0 Å². The van der Waals surface area contributed by atoms with E-state index in [2.05, 4.69) is 146 Å². The van der Waals surface area contributed by atoms with Gasteiger partial charge in [0, 0.05) is 27.5 Å². The molecule has 2 aromatic heterocycles. The number of rotatable bonds is 5. The van der Waals surface area contributed by atoms with Gasteiger partial charge in [0.05, 0.1) is 0 Å². The number of fused-ring (bicyclic) bond motifs is 5. The van der Waals surface area contributed by atoms with E-state index >= 15 is 0 Å². The van der Waals surface area contributed by atoms with Crippen molar-refractivity contribution in [2.24, 2.45) is 0 Å². The maximum absolute atomic E-state index is 6.24. The van der Waals surface area contributed by atoms with Crippen molar-refractivity contribution < 1.29 is 4.42 Å². The topological polar surface area (TPSA) is 51.8 Å². The first-order valence-corrected chi connectivity index (χ1v) is 17.1. The van der Waals surface area contributed by atoms with Gasteiger partial charge in [0.2, 0.25) is 0 Å². The van der Waals surface area contributed by atoms with Gasteiger partial charge in [-0.3, -0.25) is 0 Å². The molecule has 51 heavy (non-hydrogen) atoms. The van der Waals surface area contributed by atoms with E-state index in [1.807, 2.05) is 30.3 Å². The molecule has 2 heterocycles. The lowest BCUT2D eigenvalue weighted by molar-refractivity contribution is 0.669. The molecule has 10 rings (SSSR count). The quantitative estimate of drug-likeness (QED) is 0.186. The fourth-order valence-corrected chi connectivity index (χ4v) is 7.13. The summed E-state index contributed by atoms with van der Waals surface area (Å²) in [4.78, 5) is 15.3. The largest absolute Gasteiger partial charge is 0.456 e. The highest BCUT2D eigenvalue weighted by Crippen LogP contribution is 2.36. The average molecular weight is 652 g/mol. The zero-order valence-corrected chi connectivity index (χ0v) is 27.5. The Balaban J connectivity index is 1.14. The van der Waals surface area contributed by atoms with Gasteiger partial charge in [-0.05, 0) is 80.2 Å². The second-order valence-corrected chi connectivity index (χ2v) is 12.9. The molecule has 0 bridgehead atoms. The van der Waals surface area contributed by atoms with Gasteiger partial charge in [0.25, 0.3) is 0 Å². The first kappa shape index (κ1) is 29.0. The van der Waals surface area contributed by atoms with Crippen LogP contribution in [-0.2, 0) is 0 Å². The van der Waals surface area contributed by atoms with Crippen molar-refractivity contribution in [2.75, 3.05) is 0 Å². The lowest BCUT2D eigenvalue weighted by Crippen LogP contribution is -2.00. The lowest BCUT2D eigenvalue weighted by Gasteiger charge is -2.12. The third kappa shape index (κ3) is 5.22. The van der Waals surface area contributed by atoms with Gasteiger partial charge in [-0.1, -0.05) is 140 Å². The Kier molecular flexibility index (Phi) is 6.78. The maximum Gasteiger partial charge on any atom is 0.164 e. The highest BCUT2D eigenvalue weighted by atomic mass is 16.3. The normalized spacial score (nSPS) is 11.5.